The number of carbonyl (C=O) groups is 1. The quantitative estimate of drug-likeness (QED) is 0.783. The van der Waals surface area contributed by atoms with Crippen LogP contribution in [-0.2, 0) is 0 Å². The Morgan fingerprint density at radius 1 is 1.38 bits per heavy atom. The molecule has 0 spiro atoms. The van der Waals surface area contributed by atoms with E-state index in [1.54, 1.807) is 19.1 Å². The molecule has 0 amide bonds. The Labute approximate surface area is 98.9 Å². The molecule has 0 atom stereocenters. The van der Waals surface area contributed by atoms with Gasteiger partial charge < -0.3 is 10.2 Å². The van der Waals surface area contributed by atoms with Crippen molar-refractivity contribution < 1.29 is 15.0 Å². The average molecular weight is 283 g/mol. The van der Waals surface area contributed by atoms with E-state index < -0.39 is 17.4 Å². The average Bonchev–Trinajstić information content (AvgIpc) is 2.22. The zero-order valence-electron chi connectivity index (χ0n) is 8.23. The number of carboxylic acid groups (broad SMARTS) is 1. The zero-order valence-corrected chi connectivity index (χ0v) is 9.82. The maximum absolute atomic E-state index is 10.8. The van der Waals surface area contributed by atoms with Crippen molar-refractivity contribution in [3.05, 3.63) is 28.1 Å². The van der Waals surface area contributed by atoms with Crippen LogP contribution < -0.4 is 0 Å². The molecule has 0 saturated heterocycles. The Morgan fingerprint density at radius 3 is 2.69 bits per heavy atom. The minimum atomic E-state index is -1.29. The van der Waals surface area contributed by atoms with Gasteiger partial charge in [-0.2, -0.15) is 0 Å². The number of hydrogen-bond donors (Lipinski definition) is 2. The molecule has 2 heterocycles. The Hall–Kier alpha value is -1.69. The summed E-state index contributed by atoms with van der Waals surface area (Å²) in [5.74, 6) is -1.70. The van der Waals surface area contributed by atoms with Gasteiger partial charge >= 0.3 is 5.97 Å². The van der Waals surface area contributed by atoms with Crippen molar-refractivity contribution in [1.29, 1.82) is 0 Å². The molecule has 16 heavy (non-hydrogen) atoms. The maximum Gasteiger partial charge on any atom is 0.358 e. The molecule has 0 unspecified atom stereocenters. The number of pyridine rings is 2. The van der Waals surface area contributed by atoms with Crippen LogP contribution in [0.5, 0.6) is 5.75 Å². The van der Waals surface area contributed by atoms with Gasteiger partial charge in [0.25, 0.3) is 0 Å². The number of aromatic hydroxyl groups is 1. The minimum absolute atomic E-state index is 0.235. The molecule has 2 aromatic rings. The highest BCUT2D eigenvalue weighted by Crippen LogP contribution is 2.30. The van der Waals surface area contributed by atoms with E-state index in [2.05, 4.69) is 25.9 Å². The highest BCUT2D eigenvalue weighted by atomic mass is 79.9. The lowest BCUT2D eigenvalue weighted by molar-refractivity contribution is 0.0687. The first-order valence-electron chi connectivity index (χ1n) is 4.40. The number of aromatic carboxylic acids is 1. The number of rotatable bonds is 1. The van der Waals surface area contributed by atoms with Gasteiger partial charge in [-0.05, 0) is 35.0 Å². The maximum atomic E-state index is 10.8. The number of fused-ring (bicyclic) bond motifs is 1. The predicted molar refractivity (Wildman–Crippen MR) is 60.6 cm³/mol. The predicted octanol–water partition coefficient (Wildman–Crippen LogP) is 2.10. The summed E-state index contributed by atoms with van der Waals surface area (Å²) in [6.45, 7) is 1.76. The molecule has 2 N–H and O–H groups in total. The molecule has 0 aromatic carbocycles. The summed E-state index contributed by atoms with van der Waals surface area (Å²) in [5.41, 5.74) is 0.522. The molecule has 82 valence electrons. The third kappa shape index (κ3) is 1.61. The van der Waals surface area contributed by atoms with E-state index in [0.29, 0.717) is 15.7 Å². The summed E-state index contributed by atoms with van der Waals surface area (Å²) in [4.78, 5) is 18.7. The molecule has 0 aliphatic rings. The van der Waals surface area contributed by atoms with Crippen molar-refractivity contribution in [2.45, 2.75) is 6.92 Å². The van der Waals surface area contributed by atoms with Crippen LogP contribution in [0.2, 0.25) is 0 Å². The number of nitrogens with zero attached hydrogens (tertiary/aromatic N) is 2. The summed E-state index contributed by atoms with van der Waals surface area (Å²) in [6, 6.07) is 3.48. The molecule has 0 aliphatic carbocycles. The molecule has 0 aliphatic heterocycles. The fourth-order valence-corrected chi connectivity index (χ4v) is 1.87. The van der Waals surface area contributed by atoms with E-state index in [-0.39, 0.29) is 5.52 Å². The zero-order chi connectivity index (χ0) is 11.9. The van der Waals surface area contributed by atoms with Crippen LogP contribution in [0.4, 0.5) is 0 Å². The molecule has 2 aromatic heterocycles. The van der Waals surface area contributed by atoms with Gasteiger partial charge in [-0.3, -0.25) is 0 Å². The Kier molecular flexibility index (Phi) is 2.51. The molecule has 0 saturated carbocycles. The lowest BCUT2D eigenvalue weighted by Crippen LogP contribution is -2.02. The van der Waals surface area contributed by atoms with Gasteiger partial charge in [-0.25, -0.2) is 14.8 Å². The number of halogens is 1. The fraction of sp³-hybridized carbons (Fsp3) is 0.100. The van der Waals surface area contributed by atoms with Gasteiger partial charge in [0.1, 0.15) is 10.1 Å². The lowest BCUT2D eigenvalue weighted by atomic mass is 10.2. The molecular weight excluding hydrogens is 276 g/mol. The topological polar surface area (TPSA) is 83.3 Å². The molecule has 0 bridgehead atoms. The monoisotopic (exact) mass is 282 g/mol. The van der Waals surface area contributed by atoms with E-state index in [9.17, 15) is 9.90 Å². The van der Waals surface area contributed by atoms with Crippen LogP contribution in [0, 0.1) is 6.92 Å². The molecule has 5 nitrogen and oxygen atoms in total. The Balaban J connectivity index is 2.91. The highest BCUT2D eigenvalue weighted by Gasteiger charge is 2.18. The van der Waals surface area contributed by atoms with E-state index in [1.165, 1.54) is 0 Å². The van der Waals surface area contributed by atoms with Crippen molar-refractivity contribution >= 4 is 32.8 Å². The third-order valence-electron chi connectivity index (χ3n) is 2.12. The number of hydrogen-bond acceptors (Lipinski definition) is 4. The van der Waals surface area contributed by atoms with Gasteiger partial charge in [0, 0.05) is 11.1 Å². The summed E-state index contributed by atoms with van der Waals surface area (Å²) in [6.07, 6.45) is 0. The third-order valence-corrected chi connectivity index (χ3v) is 2.72. The second-order valence-electron chi connectivity index (χ2n) is 3.25. The largest absolute Gasteiger partial charge is 0.504 e. The fourth-order valence-electron chi connectivity index (χ4n) is 1.38. The van der Waals surface area contributed by atoms with Crippen molar-refractivity contribution in [2.75, 3.05) is 0 Å². The van der Waals surface area contributed by atoms with E-state index in [1.807, 2.05) is 0 Å². The van der Waals surface area contributed by atoms with E-state index in [4.69, 9.17) is 5.11 Å². The summed E-state index contributed by atoms with van der Waals surface area (Å²) < 4.78 is 0.352. The van der Waals surface area contributed by atoms with Crippen molar-refractivity contribution in [3.63, 3.8) is 0 Å². The van der Waals surface area contributed by atoms with Crippen LogP contribution in [0.1, 0.15) is 16.2 Å². The Bertz CT molecular complexity index is 598. The standard InChI is InChI=1S/C10H7BrN2O3/c1-4-2-3-5-6(12-4)8(14)7(10(15)16)13-9(5)11/h2-3,14H,1H3,(H,15,16). The van der Waals surface area contributed by atoms with Crippen LogP contribution in [0.3, 0.4) is 0 Å². The number of aryl methyl sites for hydroxylation is 1. The molecule has 0 fully saturated rings. The van der Waals surface area contributed by atoms with E-state index in [0.717, 1.165) is 0 Å². The van der Waals surface area contributed by atoms with Gasteiger partial charge in [-0.1, -0.05) is 0 Å². The van der Waals surface area contributed by atoms with Crippen LogP contribution in [-0.4, -0.2) is 26.2 Å². The van der Waals surface area contributed by atoms with Crippen LogP contribution >= 0.6 is 15.9 Å². The summed E-state index contributed by atoms with van der Waals surface area (Å²) in [5, 5.41) is 19.2. The van der Waals surface area contributed by atoms with Crippen LogP contribution in [0.25, 0.3) is 10.9 Å². The Morgan fingerprint density at radius 2 is 2.06 bits per heavy atom. The molecule has 6 heteroatoms. The van der Waals surface area contributed by atoms with Gasteiger partial charge in [0.05, 0.1) is 0 Å². The normalized spacial score (nSPS) is 10.6. The smallest absolute Gasteiger partial charge is 0.358 e. The molecule has 0 radical (unpaired) electrons. The van der Waals surface area contributed by atoms with Gasteiger partial charge in [-0.15, -0.1) is 0 Å². The SMILES string of the molecule is Cc1ccc2c(Br)nc(C(=O)O)c(O)c2n1. The van der Waals surface area contributed by atoms with Crippen molar-refractivity contribution in [1.82, 2.24) is 9.97 Å². The molecule has 2 rings (SSSR count). The minimum Gasteiger partial charge on any atom is -0.504 e. The summed E-state index contributed by atoms with van der Waals surface area (Å²) >= 11 is 3.15. The second kappa shape index (κ2) is 3.71. The lowest BCUT2D eigenvalue weighted by Gasteiger charge is -2.05. The van der Waals surface area contributed by atoms with E-state index >= 15 is 0 Å². The number of aromatic nitrogens is 2. The summed E-state index contributed by atoms with van der Waals surface area (Å²) in [7, 11) is 0. The van der Waals surface area contributed by atoms with Crippen LogP contribution in [0.15, 0.2) is 16.7 Å². The first-order valence-corrected chi connectivity index (χ1v) is 5.19. The van der Waals surface area contributed by atoms with Crippen molar-refractivity contribution in [3.8, 4) is 5.75 Å². The van der Waals surface area contributed by atoms with Crippen molar-refractivity contribution in [2.24, 2.45) is 0 Å². The number of carboxylic acids is 1. The molecular formula is C10H7BrN2O3. The van der Waals surface area contributed by atoms with Gasteiger partial charge in [0.15, 0.2) is 11.4 Å². The second-order valence-corrected chi connectivity index (χ2v) is 4.00. The van der Waals surface area contributed by atoms with Gasteiger partial charge in [0.2, 0.25) is 0 Å². The highest BCUT2D eigenvalue weighted by molar-refractivity contribution is 9.10. The first-order chi connectivity index (χ1) is 7.50. The first kappa shape index (κ1) is 10.8.